The molecule has 0 radical (unpaired) electrons. The Morgan fingerprint density at radius 2 is 1.96 bits per heavy atom. The first-order valence-electron chi connectivity index (χ1n) is 9.19. The molecule has 0 spiro atoms. The number of guanidine groups is 1. The fourth-order valence-electron chi connectivity index (χ4n) is 3.08. The molecule has 0 bridgehead atoms. The number of hydrogen-bond acceptors (Lipinski definition) is 4. The molecule has 27 heavy (non-hydrogen) atoms. The summed E-state index contributed by atoms with van der Waals surface area (Å²) < 4.78 is 10.6. The Morgan fingerprint density at radius 1 is 1.30 bits per heavy atom. The molecule has 6 nitrogen and oxygen atoms in total. The van der Waals surface area contributed by atoms with Gasteiger partial charge in [0, 0.05) is 26.7 Å². The standard InChI is InChI=1S/C20H31N3O3.HI/c1-14(2)13-26-17-8-6-16(7-9-17)10-22-20(21-4)23-11-15(3)18(12-23)19(24)25-5;/h6-9,14-15,18H,10-13H2,1-5H3,(H,21,22);1H. The third-order valence-electron chi connectivity index (χ3n) is 4.58. The van der Waals surface area contributed by atoms with E-state index in [0.29, 0.717) is 19.0 Å². The highest BCUT2D eigenvalue weighted by Crippen LogP contribution is 2.24. The lowest BCUT2D eigenvalue weighted by atomic mass is 9.99. The molecule has 1 aliphatic rings. The molecule has 0 aromatic heterocycles. The van der Waals surface area contributed by atoms with Crippen molar-refractivity contribution in [1.29, 1.82) is 0 Å². The Balaban J connectivity index is 0.00000364. The third kappa shape index (κ3) is 6.86. The van der Waals surface area contributed by atoms with E-state index >= 15 is 0 Å². The quantitative estimate of drug-likeness (QED) is 0.288. The molecule has 1 aromatic rings. The summed E-state index contributed by atoms with van der Waals surface area (Å²) in [6.45, 7) is 9.16. The number of hydrogen-bond donors (Lipinski definition) is 1. The molecule has 2 unspecified atom stereocenters. The minimum Gasteiger partial charge on any atom is -0.493 e. The van der Waals surface area contributed by atoms with Crippen molar-refractivity contribution in [2.45, 2.75) is 27.3 Å². The zero-order chi connectivity index (χ0) is 19.1. The maximum Gasteiger partial charge on any atom is 0.310 e. The van der Waals surface area contributed by atoms with E-state index in [1.807, 2.05) is 12.1 Å². The monoisotopic (exact) mass is 489 g/mol. The number of likely N-dealkylation sites (tertiary alicyclic amines) is 1. The number of halogens is 1. The summed E-state index contributed by atoms with van der Waals surface area (Å²) in [7, 11) is 3.21. The van der Waals surface area contributed by atoms with E-state index in [-0.39, 0.29) is 41.8 Å². The van der Waals surface area contributed by atoms with Crippen LogP contribution in [-0.4, -0.2) is 50.7 Å². The van der Waals surface area contributed by atoms with Crippen molar-refractivity contribution in [2.24, 2.45) is 22.7 Å². The molecule has 1 aliphatic heterocycles. The van der Waals surface area contributed by atoms with Crippen LogP contribution in [0.5, 0.6) is 5.75 Å². The Bertz CT molecular complexity index is 619. The molecule has 1 fully saturated rings. The first-order valence-corrected chi connectivity index (χ1v) is 9.19. The van der Waals surface area contributed by atoms with E-state index in [1.165, 1.54) is 7.11 Å². The number of carbonyl (C=O) groups is 1. The normalized spacial score (nSPS) is 19.6. The number of nitrogens with zero attached hydrogens (tertiary/aromatic N) is 2. The van der Waals surface area contributed by atoms with Crippen LogP contribution >= 0.6 is 24.0 Å². The van der Waals surface area contributed by atoms with Gasteiger partial charge < -0.3 is 19.7 Å². The van der Waals surface area contributed by atoms with E-state index in [1.54, 1.807) is 7.05 Å². The van der Waals surface area contributed by atoms with Crippen molar-refractivity contribution in [2.75, 3.05) is 33.9 Å². The van der Waals surface area contributed by atoms with Crippen molar-refractivity contribution < 1.29 is 14.3 Å². The van der Waals surface area contributed by atoms with Crippen molar-refractivity contribution in [3.05, 3.63) is 29.8 Å². The smallest absolute Gasteiger partial charge is 0.310 e. The molecule has 0 amide bonds. The van der Waals surface area contributed by atoms with Gasteiger partial charge in [0.05, 0.1) is 19.6 Å². The van der Waals surface area contributed by atoms with Gasteiger partial charge in [-0.15, -0.1) is 24.0 Å². The number of esters is 1. The van der Waals surface area contributed by atoms with Crippen LogP contribution in [0.1, 0.15) is 26.3 Å². The largest absolute Gasteiger partial charge is 0.493 e. The van der Waals surface area contributed by atoms with Crippen LogP contribution in [0.3, 0.4) is 0 Å². The van der Waals surface area contributed by atoms with Crippen molar-refractivity contribution in [1.82, 2.24) is 10.2 Å². The fourth-order valence-corrected chi connectivity index (χ4v) is 3.08. The van der Waals surface area contributed by atoms with Crippen molar-refractivity contribution >= 4 is 35.9 Å². The van der Waals surface area contributed by atoms with E-state index < -0.39 is 0 Å². The van der Waals surface area contributed by atoms with E-state index in [2.05, 4.69) is 48.1 Å². The van der Waals surface area contributed by atoms with Gasteiger partial charge >= 0.3 is 5.97 Å². The van der Waals surface area contributed by atoms with Gasteiger partial charge in [-0.2, -0.15) is 0 Å². The number of methoxy groups -OCH3 is 1. The summed E-state index contributed by atoms with van der Waals surface area (Å²) in [5.74, 6) is 2.21. The van der Waals surface area contributed by atoms with E-state index in [9.17, 15) is 4.79 Å². The SMILES string of the molecule is CN=C(NCc1ccc(OCC(C)C)cc1)N1CC(C)C(C(=O)OC)C1.I. The molecule has 2 atom stereocenters. The molecule has 1 N–H and O–H groups in total. The van der Waals surface area contributed by atoms with Gasteiger partial charge in [-0.05, 0) is 29.5 Å². The van der Waals surface area contributed by atoms with Crippen molar-refractivity contribution in [3.63, 3.8) is 0 Å². The molecule has 0 saturated carbocycles. The average Bonchev–Trinajstić information content (AvgIpc) is 3.02. The molecule has 7 heteroatoms. The molecular formula is C20H32IN3O3. The second-order valence-electron chi connectivity index (χ2n) is 7.26. The second kappa shape index (κ2) is 11.4. The zero-order valence-electron chi connectivity index (χ0n) is 16.9. The van der Waals surface area contributed by atoms with Gasteiger partial charge in [0.25, 0.3) is 0 Å². The average molecular weight is 489 g/mol. The van der Waals surface area contributed by atoms with E-state index in [4.69, 9.17) is 9.47 Å². The summed E-state index contributed by atoms with van der Waals surface area (Å²) in [6.07, 6.45) is 0. The first-order chi connectivity index (χ1) is 12.4. The van der Waals surface area contributed by atoms with Crippen LogP contribution in [0.25, 0.3) is 0 Å². The van der Waals surface area contributed by atoms with Crippen LogP contribution < -0.4 is 10.1 Å². The topological polar surface area (TPSA) is 63.2 Å². The maximum absolute atomic E-state index is 11.9. The lowest BCUT2D eigenvalue weighted by Gasteiger charge is -2.21. The number of benzene rings is 1. The predicted molar refractivity (Wildman–Crippen MR) is 119 cm³/mol. The van der Waals surface area contributed by atoms with Crippen LogP contribution in [0.4, 0.5) is 0 Å². The summed E-state index contributed by atoms with van der Waals surface area (Å²) >= 11 is 0. The van der Waals surface area contributed by atoms with Gasteiger partial charge in [0.1, 0.15) is 5.75 Å². The molecule has 2 rings (SSSR count). The molecule has 1 saturated heterocycles. The van der Waals surface area contributed by atoms with Gasteiger partial charge in [-0.1, -0.05) is 32.9 Å². The molecule has 1 aromatic carbocycles. The number of aliphatic imine (C=N–C) groups is 1. The lowest BCUT2D eigenvalue weighted by molar-refractivity contribution is -0.145. The molecule has 1 heterocycles. The summed E-state index contributed by atoms with van der Waals surface area (Å²) in [6, 6.07) is 8.10. The number of rotatable bonds is 6. The molecule has 152 valence electrons. The van der Waals surface area contributed by atoms with Gasteiger partial charge in [-0.3, -0.25) is 9.79 Å². The summed E-state index contributed by atoms with van der Waals surface area (Å²) in [5, 5.41) is 3.38. The lowest BCUT2D eigenvalue weighted by Crippen LogP contribution is -2.40. The predicted octanol–water partition coefficient (Wildman–Crippen LogP) is 3.16. The summed E-state index contributed by atoms with van der Waals surface area (Å²) in [4.78, 5) is 18.3. The van der Waals surface area contributed by atoms with Gasteiger partial charge in [-0.25, -0.2) is 0 Å². The molecule has 0 aliphatic carbocycles. The Kier molecular flexibility index (Phi) is 9.90. The second-order valence-corrected chi connectivity index (χ2v) is 7.26. The minimum atomic E-state index is -0.146. The Labute approximate surface area is 179 Å². The van der Waals surface area contributed by atoms with Crippen LogP contribution in [-0.2, 0) is 16.1 Å². The first kappa shape index (κ1) is 23.5. The number of carbonyl (C=O) groups excluding carboxylic acids is 1. The van der Waals surface area contributed by atoms with Crippen LogP contribution in [0, 0.1) is 17.8 Å². The highest BCUT2D eigenvalue weighted by Gasteiger charge is 2.36. The minimum absolute atomic E-state index is 0. The fraction of sp³-hybridized carbons (Fsp3) is 0.600. The number of ether oxygens (including phenoxy) is 2. The Morgan fingerprint density at radius 3 is 2.52 bits per heavy atom. The van der Waals surface area contributed by atoms with Gasteiger partial charge in [0.15, 0.2) is 5.96 Å². The van der Waals surface area contributed by atoms with Crippen LogP contribution in [0.2, 0.25) is 0 Å². The third-order valence-corrected chi connectivity index (χ3v) is 4.58. The van der Waals surface area contributed by atoms with Crippen LogP contribution in [0.15, 0.2) is 29.3 Å². The van der Waals surface area contributed by atoms with Crippen molar-refractivity contribution in [3.8, 4) is 5.75 Å². The van der Waals surface area contributed by atoms with Gasteiger partial charge in [0.2, 0.25) is 0 Å². The summed E-state index contributed by atoms with van der Waals surface area (Å²) in [5.41, 5.74) is 1.15. The highest BCUT2D eigenvalue weighted by molar-refractivity contribution is 14.0. The molecular weight excluding hydrogens is 457 g/mol. The zero-order valence-corrected chi connectivity index (χ0v) is 19.2. The maximum atomic E-state index is 11.9. The highest BCUT2D eigenvalue weighted by atomic mass is 127. The number of nitrogens with one attached hydrogen (secondary N) is 1. The van der Waals surface area contributed by atoms with E-state index in [0.717, 1.165) is 30.4 Å². The Hall–Kier alpha value is -1.51.